The van der Waals surface area contributed by atoms with Crippen molar-refractivity contribution >= 4 is 41.1 Å². The first-order valence-electron chi connectivity index (χ1n) is 9.52. The molecule has 0 spiro atoms. The van der Waals surface area contributed by atoms with Gasteiger partial charge in [-0.3, -0.25) is 25.0 Å². The average Bonchev–Trinajstić information content (AvgIpc) is 3.46. The molecule has 1 aliphatic carbocycles. The molecule has 28 heavy (non-hydrogen) atoms. The number of ether oxygens (including phenoxy) is 1. The summed E-state index contributed by atoms with van der Waals surface area (Å²) in [6.07, 6.45) is 2.47. The van der Waals surface area contributed by atoms with Gasteiger partial charge in [0.15, 0.2) is 5.78 Å². The SMILES string of the molecule is COC(=O)[C@H]1NCSC1C(=O)[C@H]1NCSC1C(=O)CC1CCc2ccccc21. The number of benzene rings is 1. The lowest BCUT2D eigenvalue weighted by Crippen LogP contribution is -2.51. The summed E-state index contributed by atoms with van der Waals surface area (Å²) < 4.78 is 4.81. The maximum Gasteiger partial charge on any atom is 0.324 e. The molecule has 0 aromatic heterocycles. The van der Waals surface area contributed by atoms with Gasteiger partial charge in [0.05, 0.1) is 23.7 Å². The Morgan fingerprint density at radius 2 is 1.79 bits per heavy atom. The van der Waals surface area contributed by atoms with E-state index in [4.69, 9.17) is 4.74 Å². The molecule has 2 aliphatic heterocycles. The second-order valence-corrected chi connectivity index (χ2v) is 9.62. The van der Waals surface area contributed by atoms with E-state index in [1.165, 1.54) is 41.8 Å². The number of fused-ring (bicyclic) bond motifs is 1. The van der Waals surface area contributed by atoms with Gasteiger partial charge in [-0.2, -0.15) is 0 Å². The third-order valence-corrected chi connectivity index (χ3v) is 8.23. The predicted octanol–water partition coefficient (Wildman–Crippen LogP) is 1.48. The summed E-state index contributed by atoms with van der Waals surface area (Å²) in [6, 6.07) is 7.13. The van der Waals surface area contributed by atoms with Crippen LogP contribution in [0.25, 0.3) is 0 Å². The zero-order valence-corrected chi connectivity index (χ0v) is 17.3. The van der Waals surface area contributed by atoms with Crippen LogP contribution in [0.5, 0.6) is 0 Å². The molecule has 2 N–H and O–H groups in total. The van der Waals surface area contributed by atoms with Gasteiger partial charge in [0.2, 0.25) is 0 Å². The van der Waals surface area contributed by atoms with E-state index in [0.29, 0.717) is 18.2 Å². The van der Waals surface area contributed by atoms with E-state index in [1.54, 1.807) is 0 Å². The molecule has 2 heterocycles. The van der Waals surface area contributed by atoms with Crippen LogP contribution in [0, 0.1) is 0 Å². The fourth-order valence-corrected chi connectivity index (χ4v) is 6.69. The number of aryl methyl sites for hydroxylation is 1. The maximum atomic E-state index is 13.1. The Kier molecular flexibility index (Phi) is 6.10. The number of carbonyl (C=O) groups excluding carboxylic acids is 3. The van der Waals surface area contributed by atoms with Crippen molar-refractivity contribution in [3.8, 4) is 0 Å². The molecule has 0 bridgehead atoms. The van der Waals surface area contributed by atoms with Crippen LogP contribution in [-0.4, -0.2) is 59.0 Å². The van der Waals surface area contributed by atoms with Crippen molar-refractivity contribution in [3.63, 3.8) is 0 Å². The summed E-state index contributed by atoms with van der Waals surface area (Å²) in [7, 11) is 1.32. The van der Waals surface area contributed by atoms with Crippen molar-refractivity contribution in [1.82, 2.24) is 10.6 Å². The Morgan fingerprint density at radius 3 is 2.57 bits per heavy atom. The average molecular weight is 421 g/mol. The number of esters is 1. The normalized spacial score (nSPS) is 31.5. The molecule has 8 heteroatoms. The number of hydrogen-bond donors (Lipinski definition) is 2. The number of rotatable bonds is 6. The Morgan fingerprint density at radius 1 is 1.07 bits per heavy atom. The van der Waals surface area contributed by atoms with Gasteiger partial charge < -0.3 is 4.74 Å². The van der Waals surface area contributed by atoms with E-state index in [2.05, 4.69) is 22.8 Å². The van der Waals surface area contributed by atoms with Crippen LogP contribution >= 0.6 is 23.5 Å². The lowest BCUT2D eigenvalue weighted by atomic mass is 9.91. The number of nitrogens with one attached hydrogen (secondary N) is 2. The van der Waals surface area contributed by atoms with Gasteiger partial charge in [0.25, 0.3) is 0 Å². The number of hydrogen-bond acceptors (Lipinski definition) is 8. The molecule has 0 amide bonds. The summed E-state index contributed by atoms with van der Waals surface area (Å²) in [6.45, 7) is 0. The summed E-state index contributed by atoms with van der Waals surface area (Å²) in [5.74, 6) is 0.946. The van der Waals surface area contributed by atoms with Crippen LogP contribution in [0.3, 0.4) is 0 Å². The molecule has 1 aromatic rings. The van der Waals surface area contributed by atoms with Crippen LogP contribution in [0.1, 0.15) is 29.9 Å². The fraction of sp³-hybridized carbons (Fsp3) is 0.550. The lowest BCUT2D eigenvalue weighted by molar-refractivity contribution is -0.144. The quantitative estimate of drug-likeness (QED) is 0.670. The predicted molar refractivity (Wildman–Crippen MR) is 110 cm³/mol. The maximum absolute atomic E-state index is 13.1. The Balaban J connectivity index is 1.44. The highest BCUT2D eigenvalue weighted by Crippen LogP contribution is 2.38. The van der Waals surface area contributed by atoms with Crippen molar-refractivity contribution in [2.75, 3.05) is 18.9 Å². The number of carbonyl (C=O) groups is 3. The number of thioether (sulfide) groups is 2. The topological polar surface area (TPSA) is 84.5 Å². The van der Waals surface area contributed by atoms with Gasteiger partial charge in [-0.15, -0.1) is 23.5 Å². The smallest absolute Gasteiger partial charge is 0.324 e. The Bertz CT molecular complexity index is 787. The Labute approximate surface area is 172 Å². The van der Waals surface area contributed by atoms with E-state index in [9.17, 15) is 14.4 Å². The molecule has 3 unspecified atom stereocenters. The minimum absolute atomic E-state index is 0.0828. The second-order valence-electron chi connectivity index (χ2n) is 7.36. The molecule has 4 rings (SSSR count). The van der Waals surface area contributed by atoms with E-state index < -0.39 is 23.3 Å². The summed E-state index contributed by atoms with van der Waals surface area (Å²) in [5.41, 5.74) is 2.61. The van der Waals surface area contributed by atoms with Crippen LogP contribution in [0.2, 0.25) is 0 Å². The van der Waals surface area contributed by atoms with Crippen LogP contribution in [-0.2, 0) is 25.5 Å². The number of methoxy groups -OCH3 is 1. The van der Waals surface area contributed by atoms with Crippen molar-refractivity contribution in [3.05, 3.63) is 35.4 Å². The van der Waals surface area contributed by atoms with Crippen molar-refractivity contribution in [1.29, 1.82) is 0 Å². The van der Waals surface area contributed by atoms with Gasteiger partial charge in [0.1, 0.15) is 11.8 Å². The zero-order valence-electron chi connectivity index (χ0n) is 15.7. The summed E-state index contributed by atoms with van der Waals surface area (Å²) in [4.78, 5) is 38.2. The molecule has 5 atom stereocenters. The highest BCUT2D eigenvalue weighted by Gasteiger charge is 2.47. The van der Waals surface area contributed by atoms with Gasteiger partial charge in [-0.25, -0.2) is 0 Å². The van der Waals surface area contributed by atoms with Crippen molar-refractivity contribution in [2.45, 2.75) is 47.8 Å². The van der Waals surface area contributed by atoms with Gasteiger partial charge in [0, 0.05) is 18.2 Å². The lowest BCUT2D eigenvalue weighted by Gasteiger charge is -2.23. The highest BCUT2D eigenvalue weighted by molar-refractivity contribution is 8.01. The van der Waals surface area contributed by atoms with Crippen molar-refractivity contribution < 1.29 is 19.1 Å². The summed E-state index contributed by atoms with van der Waals surface area (Å²) in [5, 5.41) is 5.30. The Hall–Kier alpha value is -1.35. The zero-order chi connectivity index (χ0) is 19.7. The second kappa shape index (κ2) is 8.57. The molecule has 3 aliphatic rings. The third-order valence-electron chi connectivity index (χ3n) is 5.80. The van der Waals surface area contributed by atoms with Gasteiger partial charge in [-0.05, 0) is 29.9 Å². The van der Waals surface area contributed by atoms with E-state index in [-0.39, 0.29) is 22.7 Å². The first kappa shape index (κ1) is 19.9. The minimum Gasteiger partial charge on any atom is -0.468 e. The van der Waals surface area contributed by atoms with Crippen LogP contribution in [0.4, 0.5) is 0 Å². The fourth-order valence-electron chi connectivity index (χ4n) is 4.36. The molecule has 6 nitrogen and oxygen atoms in total. The van der Waals surface area contributed by atoms with E-state index in [0.717, 1.165) is 12.8 Å². The van der Waals surface area contributed by atoms with Crippen LogP contribution < -0.4 is 10.6 Å². The van der Waals surface area contributed by atoms with Gasteiger partial charge >= 0.3 is 5.97 Å². The monoisotopic (exact) mass is 420 g/mol. The molecule has 1 aromatic carbocycles. The molecule has 150 valence electrons. The van der Waals surface area contributed by atoms with E-state index in [1.807, 2.05) is 12.1 Å². The summed E-state index contributed by atoms with van der Waals surface area (Å²) >= 11 is 2.90. The van der Waals surface area contributed by atoms with E-state index >= 15 is 0 Å². The standard InChI is InChI=1S/C20H24N2O4S2/c1-26-20(25)16-19(28-10-22-16)17(24)15-18(27-9-21-15)14(23)8-12-7-6-11-4-2-3-5-13(11)12/h2-5,12,15-16,18-19,21-22H,6-10H2,1H3/t12?,15-,16+,18?,19?/m1/s1. The molecule has 0 radical (unpaired) electrons. The molecule has 2 saturated heterocycles. The molecule has 0 saturated carbocycles. The first-order chi connectivity index (χ1) is 13.6. The van der Waals surface area contributed by atoms with Gasteiger partial charge in [-0.1, -0.05) is 24.3 Å². The minimum atomic E-state index is -0.646. The number of Topliss-reactive ketones (excluding diaryl/α,β-unsaturated/α-hetero) is 2. The molecular formula is C20H24N2O4S2. The first-order valence-corrected chi connectivity index (χ1v) is 11.6. The molecule has 2 fully saturated rings. The third kappa shape index (κ3) is 3.75. The largest absolute Gasteiger partial charge is 0.468 e. The number of ketones is 2. The highest BCUT2D eigenvalue weighted by atomic mass is 32.2. The van der Waals surface area contributed by atoms with Crippen LogP contribution in [0.15, 0.2) is 24.3 Å². The molecular weight excluding hydrogens is 396 g/mol. The van der Waals surface area contributed by atoms with Crippen molar-refractivity contribution in [2.24, 2.45) is 0 Å².